The molecule has 2 aromatic carbocycles. The molecule has 7 nitrogen and oxygen atoms in total. The van der Waals surface area contributed by atoms with Crippen molar-refractivity contribution >= 4 is 21.9 Å². The maximum atomic E-state index is 12.1. The Hall–Kier alpha value is -2.71. The van der Waals surface area contributed by atoms with Gasteiger partial charge in [0.1, 0.15) is 5.75 Å². The zero-order chi connectivity index (χ0) is 19.2. The smallest absolute Gasteiger partial charge is 0.308 e. The first-order valence-corrected chi connectivity index (χ1v) is 9.39. The molecule has 2 N–H and O–H groups in total. The first kappa shape index (κ1) is 19.6. The lowest BCUT2D eigenvalue weighted by atomic mass is 10.2. The van der Waals surface area contributed by atoms with Crippen LogP contribution in [0.15, 0.2) is 53.4 Å². The molecule has 0 unspecified atom stereocenters. The van der Waals surface area contributed by atoms with Crippen LogP contribution < -0.4 is 14.8 Å². The molecule has 0 aliphatic carbocycles. The van der Waals surface area contributed by atoms with Gasteiger partial charge in [-0.1, -0.05) is 23.8 Å². The molecule has 2 rings (SSSR count). The number of rotatable bonds is 7. The Labute approximate surface area is 152 Å². The van der Waals surface area contributed by atoms with Crippen LogP contribution in [0.2, 0.25) is 0 Å². The molecule has 0 spiro atoms. The molecule has 0 radical (unpaired) electrons. The molecule has 26 heavy (non-hydrogen) atoms. The Morgan fingerprint density at radius 3 is 2.38 bits per heavy atom. The van der Waals surface area contributed by atoms with E-state index >= 15 is 0 Å². The molecule has 0 fully saturated rings. The van der Waals surface area contributed by atoms with Crippen molar-refractivity contribution in [1.82, 2.24) is 10.0 Å². The number of nitrogens with one attached hydrogen (secondary N) is 2. The van der Waals surface area contributed by atoms with E-state index in [4.69, 9.17) is 4.74 Å². The van der Waals surface area contributed by atoms with E-state index in [0.29, 0.717) is 5.56 Å². The lowest BCUT2D eigenvalue weighted by molar-refractivity contribution is -0.131. The summed E-state index contributed by atoms with van der Waals surface area (Å²) in [6.07, 6.45) is 0. The van der Waals surface area contributed by atoms with Crippen LogP contribution in [-0.4, -0.2) is 33.4 Å². The summed E-state index contributed by atoms with van der Waals surface area (Å²) in [6.45, 7) is 3.30. The lowest BCUT2D eigenvalue weighted by Gasteiger charge is -2.09. The van der Waals surface area contributed by atoms with Gasteiger partial charge in [0.25, 0.3) is 5.91 Å². The molecule has 0 aromatic heterocycles. The summed E-state index contributed by atoms with van der Waals surface area (Å²) in [7, 11) is -3.62. The van der Waals surface area contributed by atoms with Gasteiger partial charge in [-0.3, -0.25) is 9.59 Å². The van der Waals surface area contributed by atoms with Crippen molar-refractivity contribution in [2.45, 2.75) is 18.7 Å². The standard InChI is InChI=1S/C18H20N2O5S/c1-13-6-8-17(9-7-13)26(23,24)20-11-10-19-18(22)15-4-3-5-16(12-15)25-14(2)21/h3-9,12,20H,10-11H2,1-2H3,(H,19,22). The number of aryl methyl sites for hydroxylation is 1. The van der Waals surface area contributed by atoms with E-state index in [1.807, 2.05) is 6.92 Å². The number of carbonyl (C=O) groups is 2. The van der Waals surface area contributed by atoms with Crippen LogP contribution in [0.5, 0.6) is 5.75 Å². The van der Waals surface area contributed by atoms with Gasteiger partial charge in [0.15, 0.2) is 0 Å². The number of sulfonamides is 1. The first-order valence-electron chi connectivity index (χ1n) is 7.91. The topological polar surface area (TPSA) is 102 Å². The van der Waals surface area contributed by atoms with E-state index in [2.05, 4.69) is 10.0 Å². The normalized spacial score (nSPS) is 11.0. The molecule has 0 aliphatic heterocycles. The van der Waals surface area contributed by atoms with E-state index in [1.54, 1.807) is 30.3 Å². The third kappa shape index (κ3) is 5.68. The van der Waals surface area contributed by atoms with Gasteiger partial charge >= 0.3 is 5.97 Å². The summed E-state index contributed by atoms with van der Waals surface area (Å²) in [5.41, 5.74) is 1.28. The molecule has 0 aliphatic rings. The third-order valence-corrected chi connectivity index (χ3v) is 4.87. The van der Waals surface area contributed by atoms with Gasteiger partial charge in [-0.2, -0.15) is 0 Å². The molecule has 0 atom stereocenters. The molecule has 0 saturated carbocycles. The molecule has 2 aromatic rings. The summed E-state index contributed by atoms with van der Waals surface area (Å²) in [6, 6.07) is 12.6. The summed E-state index contributed by atoms with van der Waals surface area (Å²) < 4.78 is 31.6. The predicted octanol–water partition coefficient (Wildman–Crippen LogP) is 1.63. The van der Waals surface area contributed by atoms with E-state index in [-0.39, 0.29) is 23.7 Å². The fourth-order valence-corrected chi connectivity index (χ4v) is 3.16. The van der Waals surface area contributed by atoms with E-state index in [9.17, 15) is 18.0 Å². The van der Waals surface area contributed by atoms with Crippen molar-refractivity contribution in [3.8, 4) is 5.75 Å². The van der Waals surface area contributed by atoms with Crippen LogP contribution in [0.25, 0.3) is 0 Å². The summed E-state index contributed by atoms with van der Waals surface area (Å²) in [5, 5.41) is 2.61. The van der Waals surface area contributed by atoms with E-state index < -0.39 is 21.9 Å². The van der Waals surface area contributed by atoms with Gasteiger partial charge in [-0.15, -0.1) is 0 Å². The molecule has 0 bridgehead atoms. The number of ether oxygens (including phenoxy) is 1. The number of hydrogen-bond donors (Lipinski definition) is 2. The fourth-order valence-electron chi connectivity index (χ4n) is 2.13. The highest BCUT2D eigenvalue weighted by Crippen LogP contribution is 2.13. The minimum absolute atomic E-state index is 0.0472. The van der Waals surface area contributed by atoms with Crippen molar-refractivity contribution in [3.63, 3.8) is 0 Å². The van der Waals surface area contributed by atoms with Crippen LogP contribution >= 0.6 is 0 Å². The lowest BCUT2D eigenvalue weighted by Crippen LogP contribution is -2.34. The number of esters is 1. The van der Waals surface area contributed by atoms with E-state index in [0.717, 1.165) is 5.56 Å². The molecule has 0 heterocycles. The Morgan fingerprint density at radius 1 is 1.04 bits per heavy atom. The number of hydrogen-bond acceptors (Lipinski definition) is 5. The second kappa shape index (κ2) is 8.59. The van der Waals surface area contributed by atoms with Gasteiger partial charge in [0.2, 0.25) is 10.0 Å². The zero-order valence-corrected chi connectivity index (χ0v) is 15.3. The van der Waals surface area contributed by atoms with Crippen LogP contribution in [0.4, 0.5) is 0 Å². The zero-order valence-electron chi connectivity index (χ0n) is 14.5. The highest BCUT2D eigenvalue weighted by Gasteiger charge is 2.13. The Morgan fingerprint density at radius 2 is 1.73 bits per heavy atom. The highest BCUT2D eigenvalue weighted by atomic mass is 32.2. The quantitative estimate of drug-likeness (QED) is 0.434. The predicted molar refractivity (Wildman–Crippen MR) is 96.5 cm³/mol. The van der Waals surface area contributed by atoms with Gasteiger partial charge in [0.05, 0.1) is 4.90 Å². The van der Waals surface area contributed by atoms with Crippen molar-refractivity contribution in [1.29, 1.82) is 0 Å². The van der Waals surface area contributed by atoms with Crippen molar-refractivity contribution in [2.24, 2.45) is 0 Å². The van der Waals surface area contributed by atoms with Crippen molar-refractivity contribution in [3.05, 3.63) is 59.7 Å². The fraction of sp³-hybridized carbons (Fsp3) is 0.222. The van der Waals surface area contributed by atoms with Crippen molar-refractivity contribution in [2.75, 3.05) is 13.1 Å². The SMILES string of the molecule is CC(=O)Oc1cccc(C(=O)NCCNS(=O)(=O)c2ccc(C)cc2)c1. The summed E-state index contributed by atoms with van der Waals surface area (Å²) in [5.74, 6) is -0.605. The molecule has 0 saturated heterocycles. The van der Waals surface area contributed by atoms with Crippen LogP contribution in [-0.2, 0) is 14.8 Å². The molecule has 1 amide bonds. The maximum absolute atomic E-state index is 12.1. The van der Waals surface area contributed by atoms with Gasteiger partial charge < -0.3 is 10.1 Å². The minimum atomic E-state index is -3.62. The number of benzene rings is 2. The molecule has 8 heteroatoms. The second-order valence-corrected chi connectivity index (χ2v) is 7.36. The molecule has 138 valence electrons. The number of amides is 1. The van der Waals surface area contributed by atoms with Gasteiger partial charge in [-0.05, 0) is 37.3 Å². The Balaban J connectivity index is 1.86. The van der Waals surface area contributed by atoms with Crippen molar-refractivity contribution < 1.29 is 22.7 Å². The monoisotopic (exact) mass is 376 g/mol. The van der Waals surface area contributed by atoms with E-state index in [1.165, 1.54) is 25.1 Å². The van der Waals surface area contributed by atoms with Gasteiger partial charge in [-0.25, -0.2) is 13.1 Å². The van der Waals surface area contributed by atoms with Crippen LogP contribution in [0.3, 0.4) is 0 Å². The maximum Gasteiger partial charge on any atom is 0.308 e. The molecular weight excluding hydrogens is 356 g/mol. The van der Waals surface area contributed by atoms with Crippen LogP contribution in [0, 0.1) is 6.92 Å². The minimum Gasteiger partial charge on any atom is -0.427 e. The average Bonchev–Trinajstić information content (AvgIpc) is 2.58. The second-order valence-electron chi connectivity index (χ2n) is 5.59. The Kier molecular flexibility index (Phi) is 6.48. The average molecular weight is 376 g/mol. The Bertz CT molecular complexity index is 892. The van der Waals surface area contributed by atoms with Gasteiger partial charge in [0, 0.05) is 25.6 Å². The third-order valence-electron chi connectivity index (χ3n) is 3.39. The van der Waals surface area contributed by atoms with Crippen LogP contribution in [0.1, 0.15) is 22.8 Å². The number of carbonyl (C=O) groups excluding carboxylic acids is 2. The first-order chi connectivity index (χ1) is 12.3. The largest absolute Gasteiger partial charge is 0.427 e. The molecular formula is C18H20N2O5S. The summed E-state index contributed by atoms with van der Waals surface area (Å²) >= 11 is 0. The highest BCUT2D eigenvalue weighted by molar-refractivity contribution is 7.89. The summed E-state index contributed by atoms with van der Waals surface area (Å²) in [4.78, 5) is 23.2.